The van der Waals surface area contributed by atoms with Gasteiger partial charge in [0.25, 0.3) is 0 Å². The van der Waals surface area contributed by atoms with Gasteiger partial charge < -0.3 is 10.1 Å². The lowest BCUT2D eigenvalue weighted by atomic mass is 9.93. The zero-order valence-electron chi connectivity index (χ0n) is 8.90. The van der Waals surface area contributed by atoms with Gasteiger partial charge in [0.05, 0.1) is 0 Å². The van der Waals surface area contributed by atoms with Gasteiger partial charge in [0.1, 0.15) is 6.29 Å². The summed E-state index contributed by atoms with van der Waals surface area (Å²) < 4.78 is 0. The van der Waals surface area contributed by atoms with Crippen molar-refractivity contribution >= 4 is 6.29 Å². The Kier molecular flexibility index (Phi) is 3.91. The van der Waals surface area contributed by atoms with Gasteiger partial charge in [0.2, 0.25) is 0 Å². The van der Waals surface area contributed by atoms with Crippen LogP contribution in [-0.2, 0) is 4.79 Å². The van der Waals surface area contributed by atoms with Crippen LogP contribution >= 0.6 is 0 Å². The van der Waals surface area contributed by atoms with Crippen molar-refractivity contribution in [1.29, 1.82) is 0 Å². The normalized spacial score (nSPS) is 13.1. The van der Waals surface area contributed by atoms with Crippen molar-refractivity contribution < 1.29 is 4.79 Å². The number of aldehydes is 1. The molecule has 72 valence electrons. The number of nitrogens with one attached hydrogen (secondary N) is 1. The predicted molar refractivity (Wildman–Crippen MR) is 52.2 cm³/mol. The summed E-state index contributed by atoms with van der Waals surface area (Å²) in [5.41, 5.74) is -0.104. The van der Waals surface area contributed by atoms with Crippen LogP contribution in [0.5, 0.6) is 0 Å². The lowest BCUT2D eigenvalue weighted by molar-refractivity contribution is -0.114. The monoisotopic (exact) mass is 171 g/mol. The molecule has 0 rings (SSSR count). The van der Waals surface area contributed by atoms with Gasteiger partial charge in [-0.05, 0) is 20.3 Å². The third-order valence-electron chi connectivity index (χ3n) is 2.23. The molecule has 0 bridgehead atoms. The molecule has 0 amide bonds. The van der Waals surface area contributed by atoms with Gasteiger partial charge in [-0.15, -0.1) is 0 Å². The fourth-order valence-electron chi connectivity index (χ4n) is 0.634. The van der Waals surface area contributed by atoms with E-state index in [1.165, 1.54) is 0 Å². The van der Waals surface area contributed by atoms with Crippen LogP contribution in [0.3, 0.4) is 0 Å². The van der Waals surface area contributed by atoms with Crippen molar-refractivity contribution in [3.05, 3.63) is 0 Å². The van der Waals surface area contributed by atoms with E-state index in [1.54, 1.807) is 0 Å². The van der Waals surface area contributed by atoms with Gasteiger partial charge >= 0.3 is 0 Å². The maximum Gasteiger partial charge on any atom is 0.126 e. The molecule has 0 aliphatic heterocycles. The first-order valence-electron chi connectivity index (χ1n) is 4.54. The molecule has 0 aromatic carbocycles. The van der Waals surface area contributed by atoms with Crippen LogP contribution in [0.25, 0.3) is 0 Å². The van der Waals surface area contributed by atoms with E-state index >= 15 is 0 Å². The molecule has 0 heterocycles. The summed E-state index contributed by atoms with van der Waals surface area (Å²) in [5.74, 6) is 0. The standard InChI is InChI=1S/C10H21NO/c1-6-10(4,5)11-7-9(2,3)8-12/h8,11H,6-7H2,1-5H3. The molecule has 2 nitrogen and oxygen atoms in total. The van der Waals surface area contributed by atoms with E-state index in [-0.39, 0.29) is 11.0 Å². The number of carbonyl (C=O) groups is 1. The second-order valence-electron chi connectivity index (χ2n) is 4.70. The third kappa shape index (κ3) is 4.50. The van der Waals surface area contributed by atoms with Gasteiger partial charge in [-0.1, -0.05) is 20.8 Å². The smallest absolute Gasteiger partial charge is 0.126 e. The Morgan fingerprint density at radius 1 is 1.25 bits per heavy atom. The number of rotatable bonds is 5. The average molecular weight is 171 g/mol. The topological polar surface area (TPSA) is 29.1 Å². The minimum atomic E-state index is -0.244. The first-order valence-corrected chi connectivity index (χ1v) is 4.54. The van der Waals surface area contributed by atoms with Gasteiger partial charge in [-0.25, -0.2) is 0 Å². The largest absolute Gasteiger partial charge is 0.311 e. The Labute approximate surface area is 75.7 Å². The predicted octanol–water partition coefficient (Wildman–Crippen LogP) is 1.99. The molecule has 0 spiro atoms. The number of carbonyl (C=O) groups excluding carboxylic acids is 1. The van der Waals surface area contributed by atoms with E-state index in [0.717, 1.165) is 19.3 Å². The molecule has 0 aromatic rings. The Bertz CT molecular complexity index is 150. The lowest BCUT2D eigenvalue weighted by Crippen LogP contribution is -2.44. The van der Waals surface area contributed by atoms with Crippen molar-refractivity contribution in [3.63, 3.8) is 0 Å². The summed E-state index contributed by atoms with van der Waals surface area (Å²) in [5, 5.41) is 3.37. The lowest BCUT2D eigenvalue weighted by Gasteiger charge is -2.29. The first-order chi connectivity index (χ1) is 5.33. The summed E-state index contributed by atoms with van der Waals surface area (Å²) in [7, 11) is 0. The first kappa shape index (κ1) is 11.6. The highest BCUT2D eigenvalue weighted by atomic mass is 16.1. The summed E-state index contributed by atoms with van der Waals surface area (Å²) >= 11 is 0. The van der Waals surface area contributed by atoms with Crippen LogP contribution in [0, 0.1) is 5.41 Å². The van der Waals surface area contributed by atoms with Crippen molar-refractivity contribution in [2.45, 2.75) is 46.6 Å². The Morgan fingerprint density at radius 2 is 1.75 bits per heavy atom. The molecule has 0 saturated heterocycles. The molecule has 1 N–H and O–H groups in total. The number of hydrogen-bond donors (Lipinski definition) is 1. The van der Waals surface area contributed by atoms with E-state index in [1.807, 2.05) is 13.8 Å². The third-order valence-corrected chi connectivity index (χ3v) is 2.23. The van der Waals surface area contributed by atoms with E-state index < -0.39 is 0 Å². The molecule has 12 heavy (non-hydrogen) atoms. The highest BCUT2D eigenvalue weighted by Crippen LogP contribution is 2.13. The van der Waals surface area contributed by atoms with Crippen LogP contribution in [-0.4, -0.2) is 18.4 Å². The average Bonchev–Trinajstić information content (AvgIpc) is 2.02. The van der Waals surface area contributed by atoms with E-state index in [9.17, 15) is 4.79 Å². The molecule has 0 atom stereocenters. The van der Waals surface area contributed by atoms with Gasteiger partial charge in [-0.2, -0.15) is 0 Å². The van der Waals surface area contributed by atoms with E-state index in [0.29, 0.717) is 0 Å². The summed E-state index contributed by atoms with van der Waals surface area (Å²) in [6.45, 7) is 11.1. The molecular formula is C10H21NO. The summed E-state index contributed by atoms with van der Waals surface area (Å²) in [6.07, 6.45) is 2.08. The maximum atomic E-state index is 10.6. The highest BCUT2D eigenvalue weighted by Gasteiger charge is 2.21. The zero-order valence-corrected chi connectivity index (χ0v) is 8.90. The Hall–Kier alpha value is -0.370. The van der Waals surface area contributed by atoms with Crippen molar-refractivity contribution in [3.8, 4) is 0 Å². The molecule has 0 saturated carbocycles. The van der Waals surface area contributed by atoms with Crippen molar-refractivity contribution in [2.24, 2.45) is 5.41 Å². The molecule has 0 aromatic heterocycles. The minimum Gasteiger partial charge on any atom is -0.311 e. The highest BCUT2D eigenvalue weighted by molar-refractivity contribution is 5.58. The maximum absolute atomic E-state index is 10.6. The number of hydrogen-bond acceptors (Lipinski definition) is 2. The summed E-state index contributed by atoms with van der Waals surface area (Å²) in [6, 6.07) is 0. The molecular weight excluding hydrogens is 150 g/mol. The van der Waals surface area contributed by atoms with E-state index in [4.69, 9.17) is 0 Å². The summed E-state index contributed by atoms with van der Waals surface area (Å²) in [4.78, 5) is 10.6. The van der Waals surface area contributed by atoms with Gasteiger partial charge in [0.15, 0.2) is 0 Å². The fraction of sp³-hybridized carbons (Fsp3) is 0.900. The van der Waals surface area contributed by atoms with E-state index in [2.05, 4.69) is 26.1 Å². The minimum absolute atomic E-state index is 0.139. The quantitative estimate of drug-likeness (QED) is 0.641. The van der Waals surface area contributed by atoms with Crippen LogP contribution in [0.2, 0.25) is 0 Å². The molecule has 0 aliphatic rings. The Morgan fingerprint density at radius 3 is 2.08 bits per heavy atom. The van der Waals surface area contributed by atoms with Crippen LogP contribution < -0.4 is 5.32 Å². The molecule has 0 aliphatic carbocycles. The fourth-order valence-corrected chi connectivity index (χ4v) is 0.634. The molecule has 2 heteroatoms. The van der Waals surface area contributed by atoms with Crippen molar-refractivity contribution in [2.75, 3.05) is 6.54 Å². The van der Waals surface area contributed by atoms with Crippen molar-refractivity contribution in [1.82, 2.24) is 5.32 Å². The van der Waals surface area contributed by atoms with Crippen LogP contribution in [0.4, 0.5) is 0 Å². The van der Waals surface area contributed by atoms with Crippen LogP contribution in [0.1, 0.15) is 41.0 Å². The second kappa shape index (κ2) is 4.04. The zero-order chi connectivity index (χ0) is 9.83. The SMILES string of the molecule is CCC(C)(C)NCC(C)(C)C=O. The Balaban J connectivity index is 3.90. The molecule has 0 radical (unpaired) electrons. The second-order valence-corrected chi connectivity index (χ2v) is 4.70. The van der Waals surface area contributed by atoms with Gasteiger partial charge in [0, 0.05) is 17.5 Å². The molecule has 0 unspecified atom stereocenters. The molecule has 0 fully saturated rings. The van der Waals surface area contributed by atoms with Crippen LogP contribution in [0.15, 0.2) is 0 Å². The van der Waals surface area contributed by atoms with Gasteiger partial charge in [-0.3, -0.25) is 0 Å².